The van der Waals surface area contributed by atoms with Crippen LogP contribution in [-0.4, -0.2) is 0 Å². The average Bonchev–Trinajstić information content (AvgIpc) is 3.34. The van der Waals surface area contributed by atoms with Crippen LogP contribution in [0.25, 0.3) is 10.8 Å². The van der Waals surface area contributed by atoms with E-state index in [0.29, 0.717) is 0 Å². The number of aryl methyl sites for hydroxylation is 9. The van der Waals surface area contributed by atoms with Gasteiger partial charge in [-0.25, -0.2) is 0 Å². The maximum atomic E-state index is 2.25. The van der Waals surface area contributed by atoms with Crippen molar-refractivity contribution in [1.82, 2.24) is 0 Å². The van der Waals surface area contributed by atoms with Gasteiger partial charge in [0.2, 0.25) is 0 Å². The van der Waals surface area contributed by atoms with Crippen LogP contribution in [0, 0.1) is 69.2 Å². The van der Waals surface area contributed by atoms with Gasteiger partial charge in [-0.15, -0.1) is 0 Å². The first-order chi connectivity index (χ1) is 31.9. The highest BCUT2D eigenvalue weighted by Gasteiger charge is 1.99. The molecule has 0 atom stereocenters. The molecule has 8 rings (SSSR count). The van der Waals surface area contributed by atoms with Crippen LogP contribution in [0.15, 0.2) is 182 Å². The first kappa shape index (κ1) is 66.3. The second kappa shape index (κ2) is 40.1. The molecule has 0 aliphatic carbocycles. The van der Waals surface area contributed by atoms with Crippen molar-refractivity contribution in [2.24, 2.45) is 0 Å². The zero-order valence-corrected chi connectivity index (χ0v) is 44.7. The van der Waals surface area contributed by atoms with Gasteiger partial charge in [0.05, 0.1) is 0 Å². The predicted octanol–water partition coefficient (Wildman–Crippen LogP) is 21.2. The summed E-state index contributed by atoms with van der Waals surface area (Å²) in [6, 6.07) is 64.3. The summed E-state index contributed by atoms with van der Waals surface area (Å²) < 4.78 is 0. The maximum absolute atomic E-state index is 2.25. The van der Waals surface area contributed by atoms with E-state index in [2.05, 4.69) is 251 Å². The van der Waals surface area contributed by atoms with Crippen LogP contribution in [0.1, 0.15) is 148 Å². The van der Waals surface area contributed by atoms with E-state index in [4.69, 9.17) is 0 Å². The van der Waals surface area contributed by atoms with Crippen LogP contribution < -0.4 is 0 Å². The summed E-state index contributed by atoms with van der Waals surface area (Å²) in [5, 5.41) is 2.75. The van der Waals surface area contributed by atoms with Gasteiger partial charge < -0.3 is 0 Å². The molecule has 0 amide bonds. The molecule has 0 spiro atoms. The van der Waals surface area contributed by atoms with Gasteiger partial charge in [0.15, 0.2) is 0 Å². The van der Waals surface area contributed by atoms with E-state index in [9.17, 15) is 0 Å². The van der Waals surface area contributed by atoms with Crippen molar-refractivity contribution in [1.29, 1.82) is 0 Å². The third-order valence-electron chi connectivity index (χ3n) is 10.6. The second-order valence-electron chi connectivity index (χ2n) is 15.7. The van der Waals surface area contributed by atoms with Crippen LogP contribution in [0.3, 0.4) is 0 Å². The van der Waals surface area contributed by atoms with Gasteiger partial charge >= 0.3 is 0 Å². The Labute approximate surface area is 421 Å². The molecule has 0 aliphatic heterocycles. The Bertz CT molecular complexity index is 2290. The highest BCUT2D eigenvalue weighted by Crippen LogP contribution is 2.21. The van der Waals surface area contributed by atoms with E-state index < -0.39 is 0 Å². The Morgan fingerprint density at radius 3 is 0.882 bits per heavy atom. The van der Waals surface area contributed by atoms with Crippen LogP contribution in [-0.2, 0) is 12.8 Å². The van der Waals surface area contributed by atoms with Crippen LogP contribution in [0.2, 0.25) is 0 Å². The minimum absolute atomic E-state index is 0. The molecule has 8 aromatic carbocycles. The topological polar surface area (TPSA) is 0 Å². The van der Waals surface area contributed by atoms with E-state index in [1.54, 1.807) is 0 Å². The van der Waals surface area contributed by atoms with Crippen LogP contribution >= 0.6 is 0 Å². The minimum atomic E-state index is 0. The summed E-state index contributed by atoms with van der Waals surface area (Å²) in [7, 11) is 0. The highest BCUT2D eigenvalue weighted by atomic mass is 14.0. The van der Waals surface area contributed by atoms with Gasteiger partial charge in [-0.05, 0) is 154 Å². The van der Waals surface area contributed by atoms with E-state index >= 15 is 0 Å². The van der Waals surface area contributed by atoms with E-state index in [0.717, 1.165) is 12.8 Å². The van der Waals surface area contributed by atoms with Gasteiger partial charge in [-0.2, -0.15) is 0 Å². The molecule has 0 heterocycles. The number of rotatable bonds is 4. The maximum Gasteiger partial charge on any atom is -0.00256 e. The molecule has 0 unspecified atom stereocenters. The number of benzene rings is 8. The lowest BCUT2D eigenvalue weighted by molar-refractivity contribution is 1.17. The molecular weight excluding hydrogens is 817 g/mol. The second-order valence-corrected chi connectivity index (χ2v) is 15.7. The fourth-order valence-corrected chi connectivity index (χ4v) is 6.72. The largest absolute Gasteiger partial charge is 0.0776 e. The summed E-state index contributed by atoms with van der Waals surface area (Å²) in [4.78, 5) is 0. The minimum Gasteiger partial charge on any atom is -0.0776 e. The number of hydrogen-bond donors (Lipinski definition) is 0. The van der Waals surface area contributed by atoms with Gasteiger partial charge in [-0.1, -0.05) is 269 Å². The summed E-state index contributed by atoms with van der Waals surface area (Å²) in [5.41, 5.74) is 19.2. The first-order valence-corrected chi connectivity index (χ1v) is 24.6. The first-order valence-electron chi connectivity index (χ1n) is 24.6. The molecule has 0 N–H and O–H groups in total. The van der Waals surface area contributed by atoms with Gasteiger partial charge in [0.25, 0.3) is 0 Å². The summed E-state index contributed by atoms with van der Waals surface area (Å²) in [6.07, 6.45) is 2.06. The van der Waals surface area contributed by atoms with Crippen molar-refractivity contribution >= 4 is 10.8 Å². The van der Waals surface area contributed by atoms with Crippen molar-refractivity contribution < 1.29 is 0 Å². The summed E-state index contributed by atoms with van der Waals surface area (Å²) in [5.74, 6) is 0. The SMILES string of the molecule is C.C.CC.CC.CC.CC.Cc1ccc(C)c(C)c1.Cc1cccc(C)c1C.Cc1cccc(Cc2cccc(C)c2)c1.Cc1cccc2c(C)cccc12.c1ccc(Cc2ccccc2)cc1. The number of fused-ring (bicyclic) bond motifs is 1. The Hall–Kier alpha value is -5.98. The Morgan fingerprint density at radius 2 is 0.544 bits per heavy atom. The zero-order chi connectivity index (χ0) is 49.9. The molecule has 0 radical (unpaired) electrons. The van der Waals surface area contributed by atoms with E-state index in [1.165, 1.54) is 88.7 Å². The van der Waals surface area contributed by atoms with Gasteiger partial charge in [0.1, 0.15) is 0 Å². The highest BCUT2D eigenvalue weighted by molar-refractivity contribution is 5.88. The van der Waals surface area contributed by atoms with Crippen molar-refractivity contribution in [3.63, 3.8) is 0 Å². The molecule has 0 fully saturated rings. The van der Waals surface area contributed by atoms with Gasteiger partial charge in [0, 0.05) is 0 Å². The quantitative estimate of drug-likeness (QED) is 0.165. The third kappa shape index (κ3) is 26.4. The van der Waals surface area contributed by atoms with Crippen molar-refractivity contribution in [2.45, 2.75) is 152 Å². The molecular formula is C68H96. The third-order valence-corrected chi connectivity index (χ3v) is 10.6. The molecule has 0 saturated heterocycles. The van der Waals surface area contributed by atoms with Crippen molar-refractivity contribution in [2.75, 3.05) is 0 Å². The normalized spacial score (nSPS) is 8.91. The summed E-state index contributed by atoms with van der Waals surface area (Å²) >= 11 is 0. The fraction of sp³-hybridized carbons (Fsp3) is 0.324. The lowest BCUT2D eigenvalue weighted by Gasteiger charge is -2.03. The molecule has 68 heavy (non-hydrogen) atoms. The fourth-order valence-electron chi connectivity index (χ4n) is 6.72. The molecule has 0 aromatic heterocycles. The Balaban J connectivity index is -0.000000750. The standard InChI is InChI=1S/C15H16.C13H12.C12H12.2C9H12.4C2H6.2CH4/c1-12-5-3-7-14(9-12)11-15-8-4-6-13(2)10-15;1-3-7-12(8-4-1)11-13-9-5-2-6-10-13;1-9-5-3-8-12-10(2)6-4-7-11(9)12;1-7-4-5-8(2)9(3)6-7;1-7-5-4-6-8(2)9(7)3;4*1-2;;/h3-10H,11H2,1-2H3;1-10H,11H2;3-8H,1-2H3;2*4-6H,1-3H3;4*1-2H3;2*1H4. The smallest absolute Gasteiger partial charge is 0.00256 e. The molecule has 8 aromatic rings. The van der Waals surface area contributed by atoms with Crippen LogP contribution in [0.4, 0.5) is 0 Å². The average molecular weight is 914 g/mol. The monoisotopic (exact) mass is 913 g/mol. The van der Waals surface area contributed by atoms with E-state index in [-0.39, 0.29) is 14.9 Å². The number of hydrogen-bond acceptors (Lipinski definition) is 0. The van der Waals surface area contributed by atoms with E-state index in [1.807, 2.05) is 55.4 Å². The molecule has 0 aliphatic rings. The lowest BCUT2D eigenvalue weighted by Crippen LogP contribution is -1.89. The zero-order valence-electron chi connectivity index (χ0n) is 44.7. The Kier molecular flexibility index (Phi) is 39.1. The molecule has 0 heteroatoms. The van der Waals surface area contributed by atoms with Gasteiger partial charge in [-0.3, -0.25) is 0 Å². The van der Waals surface area contributed by atoms with Crippen molar-refractivity contribution in [3.8, 4) is 0 Å². The molecule has 0 nitrogen and oxygen atoms in total. The lowest BCUT2D eigenvalue weighted by atomic mass is 10.0. The van der Waals surface area contributed by atoms with Crippen LogP contribution in [0.5, 0.6) is 0 Å². The van der Waals surface area contributed by atoms with Crippen molar-refractivity contribution in [3.05, 3.63) is 260 Å². The molecule has 368 valence electrons. The predicted molar refractivity (Wildman–Crippen MR) is 314 cm³/mol. The molecule has 0 saturated carbocycles. The molecule has 0 bridgehead atoms. The summed E-state index contributed by atoms with van der Waals surface area (Å²) in [6.45, 7) is 37.4. The Morgan fingerprint density at radius 1 is 0.235 bits per heavy atom.